The number of amides is 1. The predicted molar refractivity (Wildman–Crippen MR) is 114 cm³/mol. The van der Waals surface area contributed by atoms with Gasteiger partial charge in [0.1, 0.15) is 10.8 Å². The van der Waals surface area contributed by atoms with E-state index in [4.69, 9.17) is 0 Å². The van der Waals surface area contributed by atoms with Gasteiger partial charge in [0, 0.05) is 23.5 Å². The molecule has 2 heterocycles. The van der Waals surface area contributed by atoms with Crippen LogP contribution in [0.15, 0.2) is 29.6 Å². The third kappa shape index (κ3) is 6.42. The van der Waals surface area contributed by atoms with Crippen LogP contribution in [0.1, 0.15) is 31.9 Å². The quantitative estimate of drug-likeness (QED) is 0.737. The van der Waals surface area contributed by atoms with Gasteiger partial charge in [0.25, 0.3) is 0 Å². The number of hydrogen-bond donors (Lipinski definition) is 1. The molecule has 0 bridgehead atoms. The van der Waals surface area contributed by atoms with Crippen molar-refractivity contribution >= 4 is 42.1 Å². The molecule has 2 aromatic rings. The van der Waals surface area contributed by atoms with E-state index in [9.17, 15) is 9.18 Å². The number of nitrogens with zero attached hydrogens (tertiary/aromatic N) is 2. The normalized spacial score (nSPS) is 14.1. The molecule has 1 aliphatic rings. The maximum Gasteiger partial charge on any atom is 0.228 e. The Balaban J connectivity index is 0.00000182. The van der Waals surface area contributed by atoms with Crippen molar-refractivity contribution in [2.75, 3.05) is 19.6 Å². The summed E-state index contributed by atoms with van der Waals surface area (Å²) in [6, 6.07) is 6.74. The Morgan fingerprint density at radius 1 is 1.33 bits per heavy atom. The number of halogens is 3. The first kappa shape index (κ1) is 23.8. The summed E-state index contributed by atoms with van der Waals surface area (Å²) in [6.45, 7) is 4.84. The largest absolute Gasteiger partial charge is 0.339 e. The molecule has 1 aromatic carbocycles. The van der Waals surface area contributed by atoms with E-state index < -0.39 is 0 Å². The van der Waals surface area contributed by atoms with Gasteiger partial charge in [-0.1, -0.05) is 19.1 Å². The summed E-state index contributed by atoms with van der Waals surface area (Å²) in [5.41, 5.74) is 1.52. The molecule has 150 valence electrons. The Morgan fingerprint density at radius 3 is 2.74 bits per heavy atom. The van der Waals surface area contributed by atoms with Gasteiger partial charge >= 0.3 is 0 Å². The molecule has 0 atom stereocenters. The number of piperidine rings is 1. The van der Waals surface area contributed by atoms with Crippen molar-refractivity contribution in [3.05, 3.63) is 41.2 Å². The van der Waals surface area contributed by atoms with E-state index in [1.54, 1.807) is 6.07 Å². The molecule has 8 heteroatoms. The van der Waals surface area contributed by atoms with Crippen LogP contribution in [-0.4, -0.2) is 41.5 Å². The van der Waals surface area contributed by atoms with Crippen molar-refractivity contribution in [2.45, 2.75) is 38.6 Å². The van der Waals surface area contributed by atoms with Crippen LogP contribution in [0.4, 0.5) is 4.39 Å². The highest BCUT2D eigenvalue weighted by Crippen LogP contribution is 2.25. The first-order valence-electron chi connectivity index (χ1n) is 8.88. The van der Waals surface area contributed by atoms with Gasteiger partial charge in [0.2, 0.25) is 5.91 Å². The number of hydrogen-bond acceptors (Lipinski definition) is 4. The molecule has 1 amide bonds. The van der Waals surface area contributed by atoms with Gasteiger partial charge in [0.05, 0.1) is 12.1 Å². The Hall–Kier alpha value is -1.21. The molecule has 1 N–H and O–H groups in total. The van der Waals surface area contributed by atoms with E-state index >= 15 is 0 Å². The third-order valence-corrected chi connectivity index (χ3v) is 5.43. The van der Waals surface area contributed by atoms with Gasteiger partial charge in [-0.3, -0.25) is 4.79 Å². The molecule has 0 radical (unpaired) electrons. The van der Waals surface area contributed by atoms with Crippen LogP contribution in [0.3, 0.4) is 0 Å². The van der Waals surface area contributed by atoms with E-state index in [1.165, 1.54) is 23.5 Å². The maximum absolute atomic E-state index is 13.4. The van der Waals surface area contributed by atoms with Crippen LogP contribution in [-0.2, 0) is 11.2 Å². The van der Waals surface area contributed by atoms with Gasteiger partial charge in [-0.15, -0.1) is 36.2 Å². The highest BCUT2D eigenvalue weighted by Gasteiger charge is 2.25. The molecule has 3 rings (SSSR count). The SMILES string of the molecule is CCCN(C(=O)Cc1csc(-c2cccc(F)c2)n1)C1CCNCC1.Cl.Cl. The Bertz CT molecular complexity index is 722. The smallest absolute Gasteiger partial charge is 0.228 e. The van der Waals surface area contributed by atoms with Crippen molar-refractivity contribution in [3.63, 3.8) is 0 Å². The Kier molecular flexibility index (Phi) is 10.2. The fraction of sp³-hybridized carbons (Fsp3) is 0.474. The second kappa shape index (κ2) is 11.6. The Morgan fingerprint density at radius 2 is 2.07 bits per heavy atom. The number of carbonyl (C=O) groups excluding carboxylic acids is 1. The van der Waals surface area contributed by atoms with Crippen LogP contribution >= 0.6 is 36.2 Å². The number of benzene rings is 1. The lowest BCUT2D eigenvalue weighted by Crippen LogP contribution is -2.47. The molecule has 1 aliphatic heterocycles. The van der Waals surface area contributed by atoms with Gasteiger partial charge in [0.15, 0.2) is 0 Å². The first-order valence-corrected chi connectivity index (χ1v) is 9.76. The molecule has 4 nitrogen and oxygen atoms in total. The average molecular weight is 434 g/mol. The second-order valence-corrected chi connectivity index (χ2v) is 7.26. The van der Waals surface area contributed by atoms with E-state index in [-0.39, 0.29) is 36.5 Å². The molecule has 1 fully saturated rings. The number of aromatic nitrogens is 1. The van der Waals surface area contributed by atoms with Crippen molar-refractivity contribution < 1.29 is 9.18 Å². The number of thiazole rings is 1. The molecule has 0 spiro atoms. The van der Waals surface area contributed by atoms with E-state index in [0.29, 0.717) is 12.5 Å². The lowest BCUT2D eigenvalue weighted by molar-refractivity contribution is -0.133. The molecule has 0 aliphatic carbocycles. The van der Waals surface area contributed by atoms with Crippen molar-refractivity contribution in [1.29, 1.82) is 0 Å². The lowest BCUT2D eigenvalue weighted by Gasteiger charge is -2.34. The fourth-order valence-electron chi connectivity index (χ4n) is 3.27. The number of nitrogens with one attached hydrogen (secondary N) is 1. The molecule has 0 unspecified atom stereocenters. The number of carbonyl (C=O) groups is 1. The van der Waals surface area contributed by atoms with Gasteiger partial charge < -0.3 is 10.2 Å². The first-order chi connectivity index (χ1) is 12.2. The summed E-state index contributed by atoms with van der Waals surface area (Å²) < 4.78 is 13.4. The molecular weight excluding hydrogens is 408 g/mol. The van der Waals surface area contributed by atoms with Crippen molar-refractivity contribution in [2.24, 2.45) is 0 Å². The van der Waals surface area contributed by atoms with Gasteiger partial charge in [-0.25, -0.2) is 9.37 Å². The minimum absolute atomic E-state index is 0. The summed E-state index contributed by atoms with van der Waals surface area (Å²) >= 11 is 1.46. The Labute approximate surface area is 176 Å². The highest BCUT2D eigenvalue weighted by atomic mass is 35.5. The monoisotopic (exact) mass is 433 g/mol. The molecule has 27 heavy (non-hydrogen) atoms. The third-order valence-electron chi connectivity index (χ3n) is 4.49. The van der Waals surface area contributed by atoms with E-state index in [1.807, 2.05) is 16.3 Å². The van der Waals surface area contributed by atoms with Crippen LogP contribution in [0, 0.1) is 5.82 Å². The van der Waals surface area contributed by atoms with Crippen LogP contribution in [0.2, 0.25) is 0 Å². The highest BCUT2D eigenvalue weighted by molar-refractivity contribution is 7.13. The average Bonchev–Trinajstić information content (AvgIpc) is 3.09. The van der Waals surface area contributed by atoms with Crippen LogP contribution in [0.25, 0.3) is 10.6 Å². The zero-order valence-corrected chi connectivity index (χ0v) is 17.8. The summed E-state index contributed by atoms with van der Waals surface area (Å²) in [4.78, 5) is 19.4. The predicted octanol–water partition coefficient (Wildman–Crippen LogP) is 4.33. The van der Waals surface area contributed by atoms with Crippen LogP contribution < -0.4 is 5.32 Å². The standard InChI is InChI=1S/C19H24FN3OS.2ClH/c1-2-10-23(17-6-8-21-9-7-17)18(24)12-16-13-25-19(22-16)14-4-3-5-15(20)11-14;;/h3-5,11,13,17,21H,2,6-10,12H2,1H3;2*1H. The van der Waals surface area contributed by atoms with Gasteiger partial charge in [-0.2, -0.15) is 0 Å². The lowest BCUT2D eigenvalue weighted by atomic mass is 10.0. The second-order valence-electron chi connectivity index (χ2n) is 6.40. The minimum atomic E-state index is -0.273. The topological polar surface area (TPSA) is 45.2 Å². The molecule has 0 saturated carbocycles. The summed E-state index contributed by atoms with van der Waals surface area (Å²) in [6.07, 6.45) is 3.30. The van der Waals surface area contributed by atoms with E-state index in [2.05, 4.69) is 17.2 Å². The molecule has 1 saturated heterocycles. The minimum Gasteiger partial charge on any atom is -0.339 e. The van der Waals surface area contributed by atoms with E-state index in [0.717, 1.165) is 55.2 Å². The summed E-state index contributed by atoms with van der Waals surface area (Å²) in [5.74, 6) is -0.129. The fourth-order valence-corrected chi connectivity index (χ4v) is 4.09. The zero-order valence-electron chi connectivity index (χ0n) is 15.3. The molecular formula is C19H26Cl2FN3OS. The van der Waals surface area contributed by atoms with Crippen molar-refractivity contribution in [1.82, 2.24) is 15.2 Å². The summed E-state index contributed by atoms with van der Waals surface area (Å²) in [7, 11) is 0. The van der Waals surface area contributed by atoms with Gasteiger partial charge in [-0.05, 0) is 44.5 Å². The number of rotatable bonds is 6. The van der Waals surface area contributed by atoms with Crippen molar-refractivity contribution in [3.8, 4) is 10.6 Å². The van der Waals surface area contributed by atoms with Crippen LogP contribution in [0.5, 0.6) is 0 Å². The maximum atomic E-state index is 13.4. The zero-order chi connectivity index (χ0) is 17.6. The summed E-state index contributed by atoms with van der Waals surface area (Å²) in [5, 5.41) is 6.01. The molecule has 1 aromatic heterocycles.